The molecule has 0 aliphatic heterocycles. The summed E-state index contributed by atoms with van der Waals surface area (Å²) in [6, 6.07) is 4.71. The molecule has 1 N–H and O–H groups in total. The van der Waals surface area contributed by atoms with Crippen LogP contribution in [-0.2, 0) is 9.84 Å². The van der Waals surface area contributed by atoms with Crippen molar-refractivity contribution in [2.45, 2.75) is 42.0 Å². The Morgan fingerprint density at radius 2 is 1.59 bits per heavy atom. The topological polar surface area (TPSA) is 63.2 Å². The van der Waals surface area contributed by atoms with Crippen molar-refractivity contribution in [2.24, 2.45) is 0 Å². The summed E-state index contributed by atoms with van der Waals surface area (Å²) in [6.45, 7) is 0. The van der Waals surface area contributed by atoms with Gasteiger partial charge in [-0.15, -0.1) is 0 Å². The van der Waals surface area contributed by atoms with Crippen molar-refractivity contribution in [2.75, 3.05) is 5.32 Å². The third-order valence-corrected chi connectivity index (χ3v) is 7.53. The molecule has 1 saturated carbocycles. The molecule has 1 aliphatic rings. The number of rotatable bonds is 4. The second kappa shape index (κ2) is 8.31. The van der Waals surface area contributed by atoms with Gasteiger partial charge in [0.15, 0.2) is 27.3 Å². The highest BCUT2D eigenvalue weighted by molar-refractivity contribution is 7.92. The van der Waals surface area contributed by atoms with Gasteiger partial charge in [-0.25, -0.2) is 26.0 Å². The van der Waals surface area contributed by atoms with E-state index in [9.17, 15) is 30.8 Å². The van der Waals surface area contributed by atoms with Gasteiger partial charge in [0.1, 0.15) is 6.17 Å². The van der Waals surface area contributed by atoms with Crippen LogP contribution in [0.5, 0.6) is 0 Å². The number of anilines is 1. The van der Waals surface area contributed by atoms with Crippen LogP contribution in [0.4, 0.5) is 23.2 Å². The zero-order valence-electron chi connectivity index (χ0n) is 14.9. The van der Waals surface area contributed by atoms with E-state index in [0.717, 1.165) is 6.07 Å². The second-order valence-corrected chi connectivity index (χ2v) is 9.38. The molecule has 0 unspecified atom stereocenters. The molecule has 3 rings (SSSR count). The van der Waals surface area contributed by atoms with Gasteiger partial charge in [0, 0.05) is 23.4 Å². The first-order valence-corrected chi connectivity index (χ1v) is 10.7. The summed E-state index contributed by atoms with van der Waals surface area (Å²) in [7, 11) is -3.91. The van der Waals surface area contributed by atoms with E-state index in [1.807, 2.05) is 0 Å². The summed E-state index contributed by atoms with van der Waals surface area (Å²) in [5.41, 5.74) is -0.468. The van der Waals surface area contributed by atoms with Gasteiger partial charge in [0.25, 0.3) is 5.91 Å². The molecule has 0 atom stereocenters. The number of carbonyl (C=O) groups excluding carboxylic acids is 1. The van der Waals surface area contributed by atoms with Crippen LogP contribution < -0.4 is 5.32 Å². The van der Waals surface area contributed by atoms with Crippen LogP contribution in [-0.4, -0.2) is 25.7 Å². The smallest absolute Gasteiger partial charge is 0.255 e. The van der Waals surface area contributed by atoms with Gasteiger partial charge in [0.2, 0.25) is 0 Å². The van der Waals surface area contributed by atoms with Gasteiger partial charge in [-0.1, -0.05) is 11.6 Å². The number of amides is 1. The van der Waals surface area contributed by atoms with Crippen molar-refractivity contribution < 1.29 is 30.8 Å². The van der Waals surface area contributed by atoms with Gasteiger partial charge in [-0.05, 0) is 43.9 Å². The van der Waals surface area contributed by atoms with Gasteiger partial charge < -0.3 is 5.32 Å². The number of nitrogens with one attached hydrogen (secondary N) is 1. The summed E-state index contributed by atoms with van der Waals surface area (Å²) in [5, 5.41) is 1.27. The first-order chi connectivity index (χ1) is 13.6. The van der Waals surface area contributed by atoms with E-state index in [0.29, 0.717) is 12.1 Å². The minimum atomic E-state index is -3.91. The summed E-state index contributed by atoms with van der Waals surface area (Å²) in [6.07, 6.45) is -0.493. The highest BCUT2D eigenvalue weighted by Gasteiger charge is 2.33. The van der Waals surface area contributed by atoms with Crippen molar-refractivity contribution in [3.63, 3.8) is 0 Å². The highest BCUT2D eigenvalue weighted by atomic mass is 35.5. The lowest BCUT2D eigenvalue weighted by molar-refractivity contribution is 0.102. The first-order valence-electron chi connectivity index (χ1n) is 8.73. The van der Waals surface area contributed by atoms with Crippen LogP contribution in [0.2, 0.25) is 5.02 Å². The second-order valence-electron chi connectivity index (χ2n) is 6.77. The van der Waals surface area contributed by atoms with Crippen LogP contribution in [0.25, 0.3) is 0 Å². The molecule has 1 aliphatic carbocycles. The third kappa shape index (κ3) is 4.56. The molecular weight excluding hydrogens is 434 g/mol. The van der Waals surface area contributed by atoms with Crippen molar-refractivity contribution in [1.82, 2.24) is 0 Å². The summed E-state index contributed by atoms with van der Waals surface area (Å²) in [5.74, 6) is -5.51. The largest absolute Gasteiger partial charge is 0.322 e. The molecule has 29 heavy (non-hydrogen) atoms. The molecule has 0 spiro atoms. The number of alkyl halides is 1. The van der Waals surface area contributed by atoms with E-state index in [-0.39, 0.29) is 46.9 Å². The molecule has 0 radical (unpaired) electrons. The number of hydrogen-bond donors (Lipinski definition) is 1. The Morgan fingerprint density at radius 1 is 1.00 bits per heavy atom. The maximum absolute atomic E-state index is 13.3. The lowest BCUT2D eigenvalue weighted by atomic mass is 9.98. The van der Waals surface area contributed by atoms with E-state index in [1.54, 1.807) is 0 Å². The predicted molar refractivity (Wildman–Crippen MR) is 100 cm³/mol. The fraction of sp³-hybridized carbons (Fsp3) is 0.316. The van der Waals surface area contributed by atoms with Crippen LogP contribution in [0.1, 0.15) is 36.0 Å². The SMILES string of the molecule is O=C(Nc1cc(F)c(F)c(F)c1)c1ccc(Cl)c(S(=O)(=O)C2CCC(F)CC2)c1. The Bertz CT molecular complexity index is 1030. The lowest BCUT2D eigenvalue weighted by Gasteiger charge is -2.24. The van der Waals surface area contributed by atoms with Crippen LogP contribution in [0.3, 0.4) is 0 Å². The number of hydrogen-bond acceptors (Lipinski definition) is 3. The maximum Gasteiger partial charge on any atom is 0.255 e. The van der Waals surface area contributed by atoms with Crippen LogP contribution in [0, 0.1) is 17.5 Å². The molecule has 2 aromatic carbocycles. The van der Waals surface area contributed by atoms with E-state index >= 15 is 0 Å². The molecule has 2 aromatic rings. The maximum atomic E-state index is 13.3. The van der Waals surface area contributed by atoms with E-state index < -0.39 is 44.6 Å². The Balaban J connectivity index is 1.87. The number of sulfone groups is 1. The van der Waals surface area contributed by atoms with Crippen molar-refractivity contribution in [3.8, 4) is 0 Å². The molecule has 0 saturated heterocycles. The number of carbonyl (C=O) groups is 1. The van der Waals surface area contributed by atoms with Crippen molar-refractivity contribution >= 4 is 33.0 Å². The zero-order chi connectivity index (χ0) is 21.3. The predicted octanol–water partition coefficient (Wildman–Crippen LogP) is 5.06. The number of halogens is 5. The Morgan fingerprint density at radius 3 is 2.17 bits per heavy atom. The fourth-order valence-electron chi connectivity index (χ4n) is 3.21. The molecule has 0 bridgehead atoms. The highest BCUT2D eigenvalue weighted by Crippen LogP contribution is 2.33. The standard InChI is InChI=1S/C19H16ClF4NO3S/c20-14-6-1-10(19(26)25-12-8-15(22)18(24)16(23)9-12)7-17(14)29(27,28)13-4-2-11(21)3-5-13/h1,6-9,11,13H,2-5H2,(H,25,26). The fourth-order valence-corrected chi connectivity index (χ4v) is 5.53. The molecular formula is C19H16ClF4NO3S. The Hall–Kier alpha value is -2.13. The average molecular weight is 450 g/mol. The molecule has 10 heteroatoms. The third-order valence-electron chi connectivity index (χ3n) is 4.78. The molecule has 4 nitrogen and oxygen atoms in total. The van der Waals surface area contributed by atoms with E-state index in [2.05, 4.69) is 5.32 Å². The van der Waals surface area contributed by atoms with Gasteiger partial charge >= 0.3 is 0 Å². The lowest BCUT2D eigenvalue weighted by Crippen LogP contribution is -2.28. The average Bonchev–Trinajstić information content (AvgIpc) is 2.66. The molecule has 0 aromatic heterocycles. The summed E-state index contributed by atoms with van der Waals surface area (Å²) < 4.78 is 78.8. The van der Waals surface area contributed by atoms with E-state index in [1.165, 1.54) is 12.1 Å². The normalized spacial score (nSPS) is 19.8. The quantitative estimate of drug-likeness (QED) is 0.524. The van der Waals surface area contributed by atoms with Crippen molar-refractivity contribution in [3.05, 3.63) is 58.4 Å². The van der Waals surface area contributed by atoms with Gasteiger partial charge in [0.05, 0.1) is 15.2 Å². The van der Waals surface area contributed by atoms with Crippen LogP contribution >= 0.6 is 11.6 Å². The Labute approximate surface area is 169 Å². The first kappa shape index (κ1) is 21.6. The minimum absolute atomic E-state index is 0.0946. The molecule has 1 amide bonds. The summed E-state index contributed by atoms with van der Waals surface area (Å²) >= 11 is 6.03. The van der Waals surface area contributed by atoms with Gasteiger partial charge in [-0.3, -0.25) is 4.79 Å². The minimum Gasteiger partial charge on any atom is -0.322 e. The van der Waals surface area contributed by atoms with Gasteiger partial charge in [-0.2, -0.15) is 0 Å². The Kier molecular flexibility index (Phi) is 6.19. The molecule has 156 valence electrons. The molecule has 0 heterocycles. The van der Waals surface area contributed by atoms with Crippen molar-refractivity contribution in [1.29, 1.82) is 0 Å². The van der Waals surface area contributed by atoms with Crippen LogP contribution in [0.15, 0.2) is 35.2 Å². The number of benzene rings is 2. The van der Waals surface area contributed by atoms with E-state index in [4.69, 9.17) is 11.6 Å². The summed E-state index contributed by atoms with van der Waals surface area (Å²) in [4.78, 5) is 12.1. The monoisotopic (exact) mass is 449 g/mol. The molecule has 1 fully saturated rings. The zero-order valence-corrected chi connectivity index (χ0v) is 16.5.